The van der Waals surface area contributed by atoms with Crippen LogP contribution in [0.3, 0.4) is 0 Å². The van der Waals surface area contributed by atoms with E-state index in [1.807, 2.05) is 6.07 Å². The van der Waals surface area contributed by atoms with E-state index in [0.29, 0.717) is 5.02 Å². The van der Waals surface area contributed by atoms with Crippen molar-refractivity contribution >= 4 is 29.3 Å². The molecule has 0 aliphatic rings. The molecule has 7 nitrogen and oxygen atoms in total. The molecule has 20 heavy (non-hydrogen) atoms. The van der Waals surface area contributed by atoms with Gasteiger partial charge in [0, 0.05) is 18.0 Å². The molecule has 106 valence electrons. The summed E-state index contributed by atoms with van der Waals surface area (Å²) in [7, 11) is 0. The van der Waals surface area contributed by atoms with Crippen LogP contribution in [0.25, 0.3) is 0 Å². The Morgan fingerprint density at radius 1 is 1.45 bits per heavy atom. The highest BCUT2D eigenvalue weighted by Gasteiger charge is 2.13. The third kappa shape index (κ3) is 4.76. The summed E-state index contributed by atoms with van der Waals surface area (Å²) >= 11 is 5.76. The smallest absolute Gasteiger partial charge is 0.332 e. The van der Waals surface area contributed by atoms with Crippen LogP contribution in [0.15, 0.2) is 18.2 Å². The first-order valence-electron chi connectivity index (χ1n) is 5.59. The van der Waals surface area contributed by atoms with Gasteiger partial charge in [-0.25, -0.2) is 9.59 Å². The van der Waals surface area contributed by atoms with Gasteiger partial charge in [-0.05, 0) is 18.2 Å². The quantitative estimate of drug-likeness (QED) is 0.649. The number of carboxylic acids is 1. The van der Waals surface area contributed by atoms with Gasteiger partial charge in [0.05, 0.1) is 11.3 Å². The van der Waals surface area contributed by atoms with Crippen molar-refractivity contribution in [2.75, 3.05) is 11.9 Å². The second-order valence-corrected chi connectivity index (χ2v) is 4.26. The monoisotopic (exact) mass is 297 g/mol. The molecule has 0 saturated carbocycles. The van der Waals surface area contributed by atoms with Crippen LogP contribution in [0.4, 0.5) is 10.5 Å². The summed E-state index contributed by atoms with van der Waals surface area (Å²) in [4.78, 5) is 21.9. The van der Waals surface area contributed by atoms with E-state index >= 15 is 0 Å². The van der Waals surface area contributed by atoms with Gasteiger partial charge in [0.1, 0.15) is 6.07 Å². The number of aliphatic hydroxyl groups excluding tert-OH is 1. The average Bonchev–Trinajstić information content (AvgIpc) is 2.38. The number of nitriles is 1. The molecule has 1 rings (SSSR count). The van der Waals surface area contributed by atoms with Crippen molar-refractivity contribution in [2.45, 2.75) is 12.5 Å². The van der Waals surface area contributed by atoms with Gasteiger partial charge in [-0.15, -0.1) is 0 Å². The maximum absolute atomic E-state index is 11.5. The Hall–Kier alpha value is -2.30. The highest BCUT2D eigenvalue weighted by atomic mass is 35.5. The third-order valence-corrected chi connectivity index (χ3v) is 2.57. The first-order chi connectivity index (χ1) is 9.43. The van der Waals surface area contributed by atoms with Crippen LogP contribution in [-0.2, 0) is 4.79 Å². The molecule has 0 saturated heterocycles. The highest BCUT2D eigenvalue weighted by Crippen LogP contribution is 2.20. The van der Waals surface area contributed by atoms with Crippen molar-refractivity contribution < 1.29 is 19.8 Å². The SMILES string of the molecule is N#Cc1ccc(Cl)cc1NC(=O)NCC[C@H](O)C(=O)O. The van der Waals surface area contributed by atoms with Crippen molar-refractivity contribution in [1.82, 2.24) is 5.32 Å². The Balaban J connectivity index is 2.53. The number of carboxylic acid groups (broad SMARTS) is 1. The Labute approximate surface area is 119 Å². The van der Waals surface area contributed by atoms with Gasteiger partial charge >= 0.3 is 12.0 Å². The number of halogens is 1. The number of benzene rings is 1. The van der Waals surface area contributed by atoms with E-state index in [9.17, 15) is 9.59 Å². The van der Waals surface area contributed by atoms with Crippen LogP contribution < -0.4 is 10.6 Å². The Bertz CT molecular complexity index is 556. The van der Waals surface area contributed by atoms with E-state index in [-0.39, 0.29) is 24.2 Å². The summed E-state index contributed by atoms with van der Waals surface area (Å²) in [5, 5.41) is 31.5. The lowest BCUT2D eigenvalue weighted by molar-refractivity contribution is -0.146. The lowest BCUT2D eigenvalue weighted by atomic mass is 10.2. The predicted octanol–water partition coefficient (Wildman–Crippen LogP) is 1.17. The number of nitrogens with zero attached hydrogens (tertiary/aromatic N) is 1. The molecule has 0 aliphatic carbocycles. The average molecular weight is 298 g/mol. The van der Waals surface area contributed by atoms with Crippen molar-refractivity contribution in [3.8, 4) is 6.07 Å². The first kappa shape index (κ1) is 15.8. The molecule has 0 bridgehead atoms. The van der Waals surface area contributed by atoms with E-state index in [0.717, 1.165) is 0 Å². The fraction of sp³-hybridized carbons (Fsp3) is 0.250. The van der Waals surface area contributed by atoms with E-state index in [2.05, 4.69) is 10.6 Å². The number of amides is 2. The normalized spacial score (nSPS) is 11.2. The van der Waals surface area contributed by atoms with Crippen LogP contribution in [0, 0.1) is 11.3 Å². The number of rotatable bonds is 5. The molecule has 1 aromatic carbocycles. The molecule has 8 heteroatoms. The molecule has 0 spiro atoms. The fourth-order valence-corrected chi connectivity index (χ4v) is 1.50. The van der Waals surface area contributed by atoms with Crippen molar-refractivity contribution in [3.05, 3.63) is 28.8 Å². The van der Waals surface area contributed by atoms with Crippen LogP contribution in [0.1, 0.15) is 12.0 Å². The molecule has 1 atom stereocenters. The van der Waals surface area contributed by atoms with Gasteiger partial charge in [0.25, 0.3) is 0 Å². The van der Waals surface area contributed by atoms with Crippen LogP contribution >= 0.6 is 11.6 Å². The molecule has 0 fully saturated rings. The van der Waals surface area contributed by atoms with E-state index in [4.69, 9.17) is 27.1 Å². The zero-order valence-corrected chi connectivity index (χ0v) is 11.0. The number of urea groups is 1. The second-order valence-electron chi connectivity index (χ2n) is 3.83. The Morgan fingerprint density at radius 3 is 2.75 bits per heavy atom. The number of carbonyl (C=O) groups is 2. The summed E-state index contributed by atoms with van der Waals surface area (Å²) < 4.78 is 0. The Kier molecular flexibility index (Phi) is 5.77. The van der Waals surface area contributed by atoms with Gasteiger partial charge < -0.3 is 20.8 Å². The maximum Gasteiger partial charge on any atom is 0.332 e. The summed E-state index contributed by atoms with van der Waals surface area (Å²) in [6.45, 7) is -0.0260. The highest BCUT2D eigenvalue weighted by molar-refractivity contribution is 6.31. The minimum atomic E-state index is -1.53. The van der Waals surface area contributed by atoms with Gasteiger partial charge in [-0.1, -0.05) is 11.6 Å². The molecule has 0 aromatic heterocycles. The summed E-state index contributed by atoms with van der Waals surface area (Å²) in [5.41, 5.74) is 0.492. The zero-order valence-electron chi connectivity index (χ0n) is 10.3. The van der Waals surface area contributed by atoms with Gasteiger partial charge in [0.15, 0.2) is 6.10 Å². The topological polar surface area (TPSA) is 122 Å². The largest absolute Gasteiger partial charge is 0.479 e. The number of aliphatic carboxylic acids is 1. The minimum absolute atomic E-state index is 0.0260. The van der Waals surface area contributed by atoms with Crippen molar-refractivity contribution in [1.29, 1.82) is 5.26 Å². The van der Waals surface area contributed by atoms with Crippen LogP contribution in [0.2, 0.25) is 5.02 Å². The van der Waals surface area contributed by atoms with E-state index in [1.54, 1.807) is 0 Å². The predicted molar refractivity (Wildman–Crippen MR) is 71.4 cm³/mol. The van der Waals surface area contributed by atoms with Crippen molar-refractivity contribution in [2.24, 2.45) is 0 Å². The van der Waals surface area contributed by atoms with Crippen LogP contribution in [-0.4, -0.2) is 34.9 Å². The van der Waals surface area contributed by atoms with E-state index < -0.39 is 18.1 Å². The summed E-state index contributed by atoms with van der Waals surface area (Å²) in [5.74, 6) is -1.35. The first-order valence-corrected chi connectivity index (χ1v) is 5.97. The van der Waals surface area contributed by atoms with Crippen LogP contribution in [0.5, 0.6) is 0 Å². The number of hydrogen-bond acceptors (Lipinski definition) is 4. The summed E-state index contributed by atoms with van der Waals surface area (Å²) in [6.07, 6.45) is -1.65. The zero-order chi connectivity index (χ0) is 15.1. The van der Waals surface area contributed by atoms with Gasteiger partial charge in [0.2, 0.25) is 0 Å². The van der Waals surface area contributed by atoms with Crippen molar-refractivity contribution in [3.63, 3.8) is 0 Å². The standard InChI is InChI=1S/C12H12ClN3O4/c13-8-2-1-7(6-14)9(5-8)16-12(20)15-4-3-10(17)11(18)19/h1-2,5,10,17H,3-4H2,(H,18,19)(H2,15,16,20)/t10-/m0/s1. The molecule has 4 N–H and O–H groups in total. The van der Waals surface area contributed by atoms with E-state index in [1.165, 1.54) is 18.2 Å². The molecular weight excluding hydrogens is 286 g/mol. The number of aliphatic hydroxyl groups is 1. The molecule has 0 heterocycles. The lowest BCUT2D eigenvalue weighted by Crippen LogP contribution is -2.33. The molecule has 1 aromatic rings. The molecular formula is C12H12ClN3O4. The number of carbonyl (C=O) groups excluding carboxylic acids is 1. The number of anilines is 1. The third-order valence-electron chi connectivity index (χ3n) is 2.34. The lowest BCUT2D eigenvalue weighted by Gasteiger charge is -2.10. The molecule has 2 amide bonds. The van der Waals surface area contributed by atoms with Gasteiger partial charge in [-0.2, -0.15) is 5.26 Å². The number of nitrogens with one attached hydrogen (secondary N) is 2. The van der Waals surface area contributed by atoms with Gasteiger partial charge in [-0.3, -0.25) is 0 Å². The second kappa shape index (κ2) is 7.33. The maximum atomic E-state index is 11.5. The summed E-state index contributed by atoms with van der Waals surface area (Å²) in [6, 6.07) is 5.68. The fourth-order valence-electron chi connectivity index (χ4n) is 1.33. The molecule has 0 aliphatic heterocycles. The molecule has 0 unspecified atom stereocenters. The molecule has 0 radical (unpaired) electrons. The number of hydrogen-bond donors (Lipinski definition) is 4. The Morgan fingerprint density at radius 2 is 2.15 bits per heavy atom. The minimum Gasteiger partial charge on any atom is -0.479 e.